The summed E-state index contributed by atoms with van der Waals surface area (Å²) in [7, 11) is 0. The Morgan fingerprint density at radius 2 is 2.31 bits per heavy atom. The highest BCUT2D eigenvalue weighted by Gasteiger charge is 2.16. The Morgan fingerprint density at radius 1 is 1.56 bits per heavy atom. The maximum Gasteiger partial charge on any atom is 0.323 e. The number of aliphatic carboxylic acids is 1. The number of carbonyl (C=O) groups is 2. The molecule has 0 aromatic carbocycles. The Balaban J connectivity index is 2.82. The van der Waals surface area contributed by atoms with E-state index in [1.807, 2.05) is 0 Å². The third-order valence-corrected chi connectivity index (χ3v) is 1.87. The molecule has 0 atom stereocenters. The molecule has 1 aromatic heterocycles. The van der Waals surface area contributed by atoms with Crippen LogP contribution in [-0.4, -0.2) is 40.0 Å². The molecule has 0 spiro atoms. The average Bonchev–Trinajstić information content (AvgIpc) is 2.28. The molecule has 16 heavy (non-hydrogen) atoms. The lowest BCUT2D eigenvalue weighted by Gasteiger charge is -2.18. The molecular weight excluding hydrogens is 208 g/mol. The van der Waals surface area contributed by atoms with Crippen molar-refractivity contribution in [3.05, 3.63) is 42.7 Å². The Hall–Kier alpha value is -2.17. The maximum absolute atomic E-state index is 11.8. The molecule has 0 aliphatic carbocycles. The second kappa shape index (κ2) is 5.65. The van der Waals surface area contributed by atoms with Gasteiger partial charge in [-0.25, -0.2) is 0 Å². The van der Waals surface area contributed by atoms with Crippen molar-refractivity contribution < 1.29 is 14.7 Å². The highest BCUT2D eigenvalue weighted by atomic mass is 16.4. The van der Waals surface area contributed by atoms with Gasteiger partial charge in [-0.2, -0.15) is 0 Å². The summed E-state index contributed by atoms with van der Waals surface area (Å²) in [6.45, 7) is 3.33. The summed E-state index contributed by atoms with van der Waals surface area (Å²) in [5.41, 5.74) is 0.366. The smallest absolute Gasteiger partial charge is 0.323 e. The van der Waals surface area contributed by atoms with E-state index in [2.05, 4.69) is 11.6 Å². The molecule has 0 aliphatic heterocycles. The van der Waals surface area contributed by atoms with Crippen molar-refractivity contribution in [2.24, 2.45) is 0 Å². The van der Waals surface area contributed by atoms with Gasteiger partial charge >= 0.3 is 5.97 Å². The Kier molecular flexibility index (Phi) is 4.20. The molecule has 1 rings (SSSR count). The van der Waals surface area contributed by atoms with Crippen LogP contribution in [0.1, 0.15) is 10.4 Å². The first-order valence-electron chi connectivity index (χ1n) is 4.67. The SMILES string of the molecule is C=CCN(CC(=O)O)C(=O)c1cccnc1. The molecule has 0 radical (unpaired) electrons. The van der Waals surface area contributed by atoms with E-state index in [1.165, 1.54) is 17.2 Å². The van der Waals surface area contributed by atoms with Gasteiger partial charge < -0.3 is 10.0 Å². The van der Waals surface area contributed by atoms with Gasteiger partial charge in [0.2, 0.25) is 0 Å². The highest BCUT2D eigenvalue weighted by Crippen LogP contribution is 2.02. The van der Waals surface area contributed by atoms with Gasteiger partial charge in [0.15, 0.2) is 0 Å². The number of hydrogen-bond acceptors (Lipinski definition) is 3. The van der Waals surface area contributed by atoms with Crippen LogP contribution in [0.2, 0.25) is 0 Å². The van der Waals surface area contributed by atoms with Gasteiger partial charge in [0, 0.05) is 18.9 Å². The molecule has 5 heteroatoms. The van der Waals surface area contributed by atoms with Crippen molar-refractivity contribution >= 4 is 11.9 Å². The van der Waals surface area contributed by atoms with Crippen LogP contribution in [-0.2, 0) is 4.79 Å². The molecule has 0 saturated heterocycles. The van der Waals surface area contributed by atoms with Crippen LogP contribution < -0.4 is 0 Å². The molecule has 1 heterocycles. The van der Waals surface area contributed by atoms with Gasteiger partial charge in [-0.05, 0) is 12.1 Å². The first-order chi connectivity index (χ1) is 7.65. The number of carboxylic acids is 1. The topological polar surface area (TPSA) is 70.5 Å². The lowest BCUT2D eigenvalue weighted by Crippen LogP contribution is -2.35. The largest absolute Gasteiger partial charge is 0.480 e. The molecule has 0 saturated carbocycles. The summed E-state index contributed by atoms with van der Waals surface area (Å²) in [6, 6.07) is 3.22. The molecule has 1 aromatic rings. The number of nitrogens with zero attached hydrogens (tertiary/aromatic N) is 2. The van der Waals surface area contributed by atoms with Gasteiger partial charge in [0.25, 0.3) is 5.91 Å². The van der Waals surface area contributed by atoms with E-state index in [0.717, 1.165) is 0 Å². The van der Waals surface area contributed by atoms with Gasteiger partial charge in [-0.3, -0.25) is 14.6 Å². The summed E-state index contributed by atoms with van der Waals surface area (Å²) in [5, 5.41) is 8.66. The fourth-order valence-corrected chi connectivity index (χ4v) is 1.21. The van der Waals surface area contributed by atoms with Crippen LogP contribution in [0.3, 0.4) is 0 Å². The fraction of sp³-hybridized carbons (Fsp3) is 0.182. The molecule has 1 N–H and O–H groups in total. The number of pyridine rings is 1. The zero-order valence-electron chi connectivity index (χ0n) is 8.67. The van der Waals surface area contributed by atoms with Crippen LogP contribution in [0.4, 0.5) is 0 Å². The van der Waals surface area contributed by atoms with Gasteiger partial charge in [0.1, 0.15) is 6.54 Å². The number of carboxylic acid groups (broad SMARTS) is 1. The Morgan fingerprint density at radius 3 is 2.81 bits per heavy atom. The minimum atomic E-state index is -1.06. The van der Waals surface area contributed by atoms with E-state index in [9.17, 15) is 9.59 Å². The van der Waals surface area contributed by atoms with Crippen molar-refractivity contribution in [1.29, 1.82) is 0 Å². The van der Waals surface area contributed by atoms with Crippen molar-refractivity contribution in [3.63, 3.8) is 0 Å². The molecule has 1 amide bonds. The number of hydrogen-bond donors (Lipinski definition) is 1. The zero-order chi connectivity index (χ0) is 12.0. The molecule has 84 valence electrons. The third kappa shape index (κ3) is 3.20. The van der Waals surface area contributed by atoms with Crippen LogP contribution in [0.15, 0.2) is 37.2 Å². The third-order valence-electron chi connectivity index (χ3n) is 1.87. The Bertz CT molecular complexity index is 389. The number of carbonyl (C=O) groups excluding carboxylic acids is 1. The fourth-order valence-electron chi connectivity index (χ4n) is 1.21. The first-order valence-corrected chi connectivity index (χ1v) is 4.67. The molecule has 0 bridgehead atoms. The normalized spacial score (nSPS) is 9.50. The minimum Gasteiger partial charge on any atom is -0.480 e. The zero-order valence-corrected chi connectivity index (χ0v) is 8.67. The molecule has 0 fully saturated rings. The van der Waals surface area contributed by atoms with Crippen molar-refractivity contribution in [2.45, 2.75) is 0 Å². The van der Waals surface area contributed by atoms with E-state index in [0.29, 0.717) is 5.56 Å². The molecule has 0 unspecified atom stereocenters. The summed E-state index contributed by atoms with van der Waals surface area (Å²) in [6.07, 6.45) is 4.43. The summed E-state index contributed by atoms with van der Waals surface area (Å²) in [4.78, 5) is 27.4. The second-order valence-corrected chi connectivity index (χ2v) is 3.11. The number of amides is 1. The summed E-state index contributed by atoms with van der Waals surface area (Å²) in [5.74, 6) is -1.42. The summed E-state index contributed by atoms with van der Waals surface area (Å²) >= 11 is 0. The standard InChI is InChI=1S/C11H12N2O3/c1-2-6-13(8-10(14)15)11(16)9-4-3-5-12-7-9/h2-5,7H,1,6,8H2,(H,14,15). The van der Waals surface area contributed by atoms with E-state index in [1.54, 1.807) is 18.3 Å². The van der Waals surface area contributed by atoms with E-state index < -0.39 is 5.97 Å². The van der Waals surface area contributed by atoms with Gasteiger partial charge in [-0.1, -0.05) is 6.08 Å². The summed E-state index contributed by atoms with van der Waals surface area (Å²) < 4.78 is 0. The van der Waals surface area contributed by atoms with Crippen molar-refractivity contribution in [3.8, 4) is 0 Å². The molecule has 5 nitrogen and oxygen atoms in total. The van der Waals surface area contributed by atoms with Crippen molar-refractivity contribution in [2.75, 3.05) is 13.1 Å². The van der Waals surface area contributed by atoms with Crippen molar-refractivity contribution in [1.82, 2.24) is 9.88 Å². The lowest BCUT2D eigenvalue weighted by atomic mass is 10.2. The highest BCUT2D eigenvalue weighted by molar-refractivity contribution is 5.95. The van der Waals surface area contributed by atoms with Crippen LogP contribution >= 0.6 is 0 Å². The maximum atomic E-state index is 11.8. The van der Waals surface area contributed by atoms with Crippen LogP contribution in [0.5, 0.6) is 0 Å². The van der Waals surface area contributed by atoms with E-state index in [-0.39, 0.29) is 19.0 Å². The lowest BCUT2D eigenvalue weighted by molar-refractivity contribution is -0.137. The molecular formula is C11H12N2O3. The van der Waals surface area contributed by atoms with Gasteiger partial charge in [-0.15, -0.1) is 6.58 Å². The second-order valence-electron chi connectivity index (χ2n) is 3.11. The predicted octanol–water partition coefficient (Wildman–Crippen LogP) is 0.794. The molecule has 0 aliphatic rings. The van der Waals surface area contributed by atoms with E-state index >= 15 is 0 Å². The van der Waals surface area contributed by atoms with E-state index in [4.69, 9.17) is 5.11 Å². The van der Waals surface area contributed by atoms with Crippen LogP contribution in [0.25, 0.3) is 0 Å². The van der Waals surface area contributed by atoms with Gasteiger partial charge in [0.05, 0.1) is 5.56 Å². The first kappa shape index (κ1) is 11.9. The number of rotatable bonds is 5. The van der Waals surface area contributed by atoms with Crippen LogP contribution in [0, 0.1) is 0 Å². The average molecular weight is 220 g/mol. The Labute approximate surface area is 93.0 Å². The number of aromatic nitrogens is 1. The predicted molar refractivity (Wildman–Crippen MR) is 58.0 cm³/mol. The monoisotopic (exact) mass is 220 g/mol. The quantitative estimate of drug-likeness (QED) is 0.745. The minimum absolute atomic E-state index is 0.194.